The summed E-state index contributed by atoms with van der Waals surface area (Å²) in [6, 6.07) is 10.5. The lowest BCUT2D eigenvalue weighted by Crippen LogP contribution is -2.52. The van der Waals surface area contributed by atoms with Gasteiger partial charge in [-0.2, -0.15) is 0 Å². The van der Waals surface area contributed by atoms with Crippen LogP contribution in [0.5, 0.6) is 0 Å². The molecule has 0 aliphatic carbocycles. The van der Waals surface area contributed by atoms with Crippen LogP contribution in [0.2, 0.25) is 0 Å². The zero-order valence-electron chi connectivity index (χ0n) is 13.1. The Morgan fingerprint density at radius 1 is 1.33 bits per heavy atom. The summed E-state index contributed by atoms with van der Waals surface area (Å²) in [7, 11) is 4.07. The molecule has 4 heteroatoms. The first-order valence-corrected chi connectivity index (χ1v) is 7.72. The van der Waals surface area contributed by atoms with Crippen molar-refractivity contribution in [1.29, 1.82) is 0 Å². The Kier molecular flexibility index (Phi) is 6.21. The zero-order chi connectivity index (χ0) is 15.1. The van der Waals surface area contributed by atoms with Crippen molar-refractivity contribution in [1.82, 2.24) is 9.80 Å². The molecule has 1 heterocycles. The van der Waals surface area contributed by atoms with Crippen molar-refractivity contribution in [3.8, 4) is 0 Å². The molecule has 21 heavy (non-hydrogen) atoms. The number of rotatable bonds is 6. The van der Waals surface area contributed by atoms with Crippen LogP contribution in [0.4, 0.5) is 0 Å². The zero-order valence-corrected chi connectivity index (χ0v) is 13.1. The Hall–Kier alpha value is -1.39. The van der Waals surface area contributed by atoms with Gasteiger partial charge in [0, 0.05) is 19.5 Å². The second-order valence-electron chi connectivity index (χ2n) is 5.92. The third-order valence-corrected chi connectivity index (χ3v) is 3.82. The van der Waals surface area contributed by atoms with Crippen LogP contribution in [0.15, 0.2) is 30.3 Å². The molecule has 1 fully saturated rings. The third-order valence-electron chi connectivity index (χ3n) is 3.82. The van der Waals surface area contributed by atoms with E-state index in [0.717, 1.165) is 25.9 Å². The van der Waals surface area contributed by atoms with Crippen molar-refractivity contribution in [2.45, 2.75) is 25.3 Å². The Morgan fingerprint density at radius 3 is 2.81 bits per heavy atom. The molecular weight excluding hydrogens is 264 g/mol. The van der Waals surface area contributed by atoms with Crippen LogP contribution in [0, 0.1) is 0 Å². The first-order chi connectivity index (χ1) is 10.2. The fourth-order valence-electron chi connectivity index (χ4n) is 2.79. The van der Waals surface area contributed by atoms with Crippen molar-refractivity contribution in [3.63, 3.8) is 0 Å². The number of ether oxygens (including phenoxy) is 1. The smallest absolute Gasteiger partial charge is 0.223 e. The number of benzene rings is 1. The molecular formula is C17H26N2O2. The highest BCUT2D eigenvalue weighted by atomic mass is 16.5. The van der Waals surface area contributed by atoms with E-state index in [1.54, 1.807) is 0 Å². The maximum Gasteiger partial charge on any atom is 0.223 e. The highest BCUT2D eigenvalue weighted by Gasteiger charge is 2.27. The molecule has 1 atom stereocenters. The number of hydrogen-bond acceptors (Lipinski definition) is 3. The maximum atomic E-state index is 12.4. The van der Waals surface area contributed by atoms with Crippen molar-refractivity contribution in [2.75, 3.05) is 40.4 Å². The number of likely N-dealkylation sites (N-methyl/N-ethyl adjacent to an activating group) is 1. The summed E-state index contributed by atoms with van der Waals surface area (Å²) in [6.45, 7) is 2.91. The maximum absolute atomic E-state index is 12.4. The highest BCUT2D eigenvalue weighted by Crippen LogP contribution is 2.12. The summed E-state index contributed by atoms with van der Waals surface area (Å²) in [4.78, 5) is 16.6. The highest BCUT2D eigenvalue weighted by molar-refractivity contribution is 5.76. The number of carbonyl (C=O) groups is 1. The van der Waals surface area contributed by atoms with Gasteiger partial charge >= 0.3 is 0 Å². The number of morpholine rings is 1. The van der Waals surface area contributed by atoms with Gasteiger partial charge in [0.1, 0.15) is 0 Å². The average Bonchev–Trinajstić information content (AvgIpc) is 2.48. The van der Waals surface area contributed by atoms with E-state index >= 15 is 0 Å². The molecule has 1 aromatic carbocycles. The number of nitrogens with zero attached hydrogens (tertiary/aromatic N) is 2. The third kappa shape index (κ3) is 5.14. The van der Waals surface area contributed by atoms with Crippen LogP contribution < -0.4 is 0 Å². The van der Waals surface area contributed by atoms with E-state index in [9.17, 15) is 4.79 Å². The summed E-state index contributed by atoms with van der Waals surface area (Å²) in [5.74, 6) is 0.265. The van der Waals surface area contributed by atoms with Gasteiger partial charge in [0.05, 0.1) is 19.3 Å². The van der Waals surface area contributed by atoms with Gasteiger partial charge in [-0.25, -0.2) is 0 Å². The first kappa shape index (κ1) is 16.0. The van der Waals surface area contributed by atoms with Crippen LogP contribution in [0.3, 0.4) is 0 Å². The topological polar surface area (TPSA) is 32.8 Å². The van der Waals surface area contributed by atoms with E-state index in [4.69, 9.17) is 4.74 Å². The standard InChI is InChI=1S/C17H26N2O2/c1-18(2)13-16-14-21-12-11-19(16)17(20)10-6-9-15-7-4-3-5-8-15/h3-5,7-8,16H,6,9-14H2,1-2H3. The average molecular weight is 290 g/mol. The number of aryl methyl sites for hydroxylation is 1. The first-order valence-electron chi connectivity index (χ1n) is 7.72. The fourth-order valence-corrected chi connectivity index (χ4v) is 2.79. The van der Waals surface area contributed by atoms with Crippen molar-refractivity contribution in [2.24, 2.45) is 0 Å². The van der Waals surface area contributed by atoms with Gasteiger partial charge in [-0.3, -0.25) is 4.79 Å². The lowest BCUT2D eigenvalue weighted by Gasteiger charge is -2.37. The molecule has 1 aromatic rings. The number of amides is 1. The van der Waals surface area contributed by atoms with Crippen LogP contribution in [0.1, 0.15) is 18.4 Å². The Morgan fingerprint density at radius 2 is 2.10 bits per heavy atom. The summed E-state index contributed by atoms with van der Waals surface area (Å²) < 4.78 is 5.52. The van der Waals surface area contributed by atoms with Crippen molar-refractivity contribution in [3.05, 3.63) is 35.9 Å². The summed E-state index contributed by atoms with van der Waals surface area (Å²) in [5, 5.41) is 0. The summed E-state index contributed by atoms with van der Waals surface area (Å²) in [6.07, 6.45) is 2.50. The van der Waals surface area contributed by atoms with Gasteiger partial charge in [0.15, 0.2) is 0 Å². The molecule has 0 spiro atoms. The molecule has 0 saturated carbocycles. The predicted octanol–water partition coefficient (Wildman–Crippen LogP) is 1.80. The van der Waals surface area contributed by atoms with E-state index < -0.39 is 0 Å². The van der Waals surface area contributed by atoms with Crippen LogP contribution in [0.25, 0.3) is 0 Å². The van der Waals surface area contributed by atoms with Gasteiger partial charge in [0.25, 0.3) is 0 Å². The lowest BCUT2D eigenvalue weighted by atomic mass is 10.1. The largest absolute Gasteiger partial charge is 0.377 e. The molecule has 0 bridgehead atoms. The Balaban J connectivity index is 1.80. The second-order valence-corrected chi connectivity index (χ2v) is 5.92. The van der Waals surface area contributed by atoms with E-state index in [-0.39, 0.29) is 11.9 Å². The van der Waals surface area contributed by atoms with Gasteiger partial charge in [0.2, 0.25) is 5.91 Å². The molecule has 116 valence electrons. The minimum absolute atomic E-state index is 0.193. The minimum Gasteiger partial charge on any atom is -0.377 e. The van der Waals surface area contributed by atoms with E-state index in [0.29, 0.717) is 19.6 Å². The molecule has 1 aliphatic rings. The number of hydrogen-bond donors (Lipinski definition) is 0. The Labute approximate surface area is 127 Å². The summed E-state index contributed by atoms with van der Waals surface area (Å²) >= 11 is 0. The van der Waals surface area contributed by atoms with Crippen molar-refractivity contribution < 1.29 is 9.53 Å². The van der Waals surface area contributed by atoms with Crippen LogP contribution >= 0.6 is 0 Å². The minimum atomic E-state index is 0.193. The molecule has 1 saturated heterocycles. The van der Waals surface area contributed by atoms with E-state index in [2.05, 4.69) is 17.0 Å². The Bertz CT molecular complexity index is 434. The van der Waals surface area contributed by atoms with Gasteiger partial charge in [-0.1, -0.05) is 30.3 Å². The molecule has 1 aliphatic heterocycles. The van der Waals surface area contributed by atoms with Crippen LogP contribution in [-0.4, -0.2) is 62.1 Å². The van der Waals surface area contributed by atoms with Gasteiger partial charge in [-0.05, 0) is 32.5 Å². The summed E-state index contributed by atoms with van der Waals surface area (Å²) in [5.41, 5.74) is 1.30. The number of carbonyl (C=O) groups excluding carboxylic acids is 1. The van der Waals surface area contributed by atoms with Gasteiger partial charge < -0.3 is 14.5 Å². The molecule has 4 nitrogen and oxygen atoms in total. The van der Waals surface area contributed by atoms with Crippen molar-refractivity contribution >= 4 is 5.91 Å². The fraction of sp³-hybridized carbons (Fsp3) is 0.588. The predicted molar refractivity (Wildman–Crippen MR) is 84.3 cm³/mol. The normalized spacial score (nSPS) is 19.0. The SMILES string of the molecule is CN(C)CC1COCCN1C(=O)CCCc1ccccc1. The molecule has 1 unspecified atom stereocenters. The molecule has 0 N–H and O–H groups in total. The monoisotopic (exact) mass is 290 g/mol. The van der Waals surface area contributed by atoms with Crippen LogP contribution in [-0.2, 0) is 16.0 Å². The molecule has 1 amide bonds. The van der Waals surface area contributed by atoms with Gasteiger partial charge in [-0.15, -0.1) is 0 Å². The van der Waals surface area contributed by atoms with E-state index in [1.165, 1.54) is 5.56 Å². The molecule has 0 radical (unpaired) electrons. The molecule has 0 aromatic heterocycles. The second kappa shape index (κ2) is 8.15. The molecule has 2 rings (SSSR count). The van der Waals surface area contributed by atoms with E-state index in [1.807, 2.05) is 37.2 Å². The quantitative estimate of drug-likeness (QED) is 0.801. The lowest BCUT2D eigenvalue weighted by molar-refractivity contribution is -0.140.